The summed E-state index contributed by atoms with van der Waals surface area (Å²) < 4.78 is 21.0. The lowest BCUT2D eigenvalue weighted by molar-refractivity contribution is 0.0956. The number of benzene rings is 3. The molecule has 0 aliphatic carbocycles. The fourth-order valence-corrected chi connectivity index (χ4v) is 3.89. The minimum atomic E-state index is -1.71. The van der Waals surface area contributed by atoms with E-state index in [4.69, 9.17) is 4.42 Å². The number of nitrogens with one attached hydrogen (secondary N) is 1. The molecule has 0 fully saturated rings. The first-order valence-electron chi connectivity index (χ1n) is 8.49. The van der Waals surface area contributed by atoms with Gasteiger partial charge in [0.25, 0.3) is 0 Å². The Morgan fingerprint density at radius 1 is 0.963 bits per heavy atom. The molecule has 3 aromatic carbocycles. The molecule has 134 valence electrons. The molecular formula is C22H17NO3S. The van der Waals surface area contributed by atoms with Crippen LogP contribution in [-0.4, -0.2) is 10.5 Å². The fourth-order valence-electron chi connectivity index (χ4n) is 2.92. The van der Waals surface area contributed by atoms with Crippen LogP contribution in [0.15, 0.2) is 88.2 Å². The Morgan fingerprint density at radius 2 is 1.70 bits per heavy atom. The molecule has 0 aliphatic rings. The van der Waals surface area contributed by atoms with Crippen LogP contribution in [0.3, 0.4) is 0 Å². The molecule has 1 N–H and O–H groups in total. The molecule has 0 radical (unpaired) electrons. The number of rotatable bonds is 4. The van der Waals surface area contributed by atoms with Gasteiger partial charge in [0.05, 0.1) is 0 Å². The van der Waals surface area contributed by atoms with Gasteiger partial charge < -0.3 is 8.97 Å². The van der Waals surface area contributed by atoms with Crippen molar-refractivity contribution in [3.05, 3.63) is 90.2 Å². The maximum atomic E-state index is 12.8. The summed E-state index contributed by atoms with van der Waals surface area (Å²) in [4.78, 5) is 13.1. The normalized spacial score (nSPS) is 12.1. The van der Waals surface area contributed by atoms with Crippen LogP contribution >= 0.6 is 0 Å². The molecule has 0 spiro atoms. The third kappa shape index (κ3) is 3.60. The van der Waals surface area contributed by atoms with Crippen molar-refractivity contribution in [1.82, 2.24) is 4.72 Å². The van der Waals surface area contributed by atoms with Gasteiger partial charge in [-0.15, -0.1) is 0 Å². The number of furan rings is 1. The third-order valence-electron chi connectivity index (χ3n) is 4.26. The molecule has 5 heteroatoms. The van der Waals surface area contributed by atoms with Crippen LogP contribution in [0.5, 0.6) is 0 Å². The molecule has 0 aliphatic heterocycles. The number of carbonyl (C=O) groups excluding carboxylic acids is 1. The first-order chi connectivity index (χ1) is 13.1. The van der Waals surface area contributed by atoms with E-state index in [1.807, 2.05) is 67.6 Å². The van der Waals surface area contributed by atoms with E-state index in [1.54, 1.807) is 18.2 Å². The minimum Gasteiger partial charge on any atom is -0.588 e. The van der Waals surface area contributed by atoms with Gasteiger partial charge in [-0.3, -0.25) is 4.79 Å². The lowest BCUT2D eigenvalue weighted by Gasteiger charge is -2.13. The van der Waals surface area contributed by atoms with Crippen LogP contribution in [0.1, 0.15) is 16.1 Å². The lowest BCUT2D eigenvalue weighted by atomic mass is 10.1. The average Bonchev–Trinajstić information content (AvgIpc) is 3.12. The Morgan fingerprint density at radius 3 is 2.52 bits per heavy atom. The van der Waals surface area contributed by atoms with E-state index in [0.29, 0.717) is 10.5 Å². The summed E-state index contributed by atoms with van der Waals surface area (Å²) in [6.45, 7) is 1.96. The molecule has 4 aromatic rings. The maximum Gasteiger partial charge on any atom is 0.328 e. The first-order valence-corrected chi connectivity index (χ1v) is 9.64. The maximum absolute atomic E-state index is 12.8. The zero-order chi connectivity index (χ0) is 18.8. The summed E-state index contributed by atoms with van der Waals surface area (Å²) in [7, 11) is 0. The molecule has 1 aromatic heterocycles. The number of aryl methyl sites for hydroxylation is 1. The zero-order valence-electron chi connectivity index (χ0n) is 14.6. The molecule has 0 saturated carbocycles. The lowest BCUT2D eigenvalue weighted by Crippen LogP contribution is -2.30. The van der Waals surface area contributed by atoms with Crippen molar-refractivity contribution >= 4 is 28.2 Å². The van der Waals surface area contributed by atoms with Crippen LogP contribution in [0, 0.1) is 6.92 Å². The average molecular weight is 375 g/mol. The summed E-state index contributed by atoms with van der Waals surface area (Å²) >= 11 is -1.71. The van der Waals surface area contributed by atoms with E-state index in [9.17, 15) is 9.35 Å². The highest BCUT2D eigenvalue weighted by molar-refractivity contribution is 7.90. The van der Waals surface area contributed by atoms with E-state index in [2.05, 4.69) is 4.72 Å². The second-order valence-corrected chi connectivity index (χ2v) is 7.40. The zero-order valence-corrected chi connectivity index (χ0v) is 15.5. The number of hydrogen-bond donors (Lipinski definition) is 1. The second-order valence-electron chi connectivity index (χ2n) is 6.21. The summed E-state index contributed by atoms with van der Waals surface area (Å²) in [5.41, 5.74) is 3.44. The minimum absolute atomic E-state index is 0.140. The molecule has 0 saturated heterocycles. The smallest absolute Gasteiger partial charge is 0.328 e. The SMILES string of the molecule is Cc1ccc2cc(C(=O)N[S+]([O-])c3ccccc3-c3ccccc3)oc2c1. The van der Waals surface area contributed by atoms with Crippen molar-refractivity contribution in [3.63, 3.8) is 0 Å². The van der Waals surface area contributed by atoms with Gasteiger partial charge in [-0.1, -0.05) is 54.6 Å². The van der Waals surface area contributed by atoms with Gasteiger partial charge in [0, 0.05) is 10.9 Å². The highest BCUT2D eigenvalue weighted by atomic mass is 32.2. The molecule has 4 nitrogen and oxygen atoms in total. The van der Waals surface area contributed by atoms with Gasteiger partial charge in [-0.05, 0) is 42.3 Å². The predicted molar refractivity (Wildman–Crippen MR) is 107 cm³/mol. The van der Waals surface area contributed by atoms with E-state index < -0.39 is 17.3 Å². The van der Waals surface area contributed by atoms with Gasteiger partial charge in [0.1, 0.15) is 16.9 Å². The van der Waals surface area contributed by atoms with Gasteiger partial charge in [-0.2, -0.15) is 4.72 Å². The van der Waals surface area contributed by atoms with Crippen LogP contribution < -0.4 is 4.72 Å². The Hall–Kier alpha value is -3.02. The molecule has 4 rings (SSSR count). The van der Waals surface area contributed by atoms with Crippen LogP contribution in [0.25, 0.3) is 22.1 Å². The van der Waals surface area contributed by atoms with Crippen molar-refractivity contribution in [2.24, 2.45) is 0 Å². The van der Waals surface area contributed by atoms with Crippen LogP contribution in [-0.2, 0) is 11.4 Å². The van der Waals surface area contributed by atoms with Gasteiger partial charge >= 0.3 is 5.91 Å². The van der Waals surface area contributed by atoms with Gasteiger partial charge in [-0.25, -0.2) is 0 Å². The Labute approximate surface area is 160 Å². The van der Waals surface area contributed by atoms with Crippen molar-refractivity contribution in [3.8, 4) is 11.1 Å². The van der Waals surface area contributed by atoms with Crippen molar-refractivity contribution in [2.75, 3.05) is 0 Å². The van der Waals surface area contributed by atoms with Crippen LogP contribution in [0.4, 0.5) is 0 Å². The molecule has 1 amide bonds. The highest BCUT2D eigenvalue weighted by Gasteiger charge is 2.23. The standard InChI is InChI=1S/C22H17NO3S/c1-15-11-12-17-14-20(26-19(17)13-15)22(24)23-27(25)21-10-6-5-9-18(21)16-7-3-2-4-8-16/h2-14H,1H3,(H,23,24). The number of fused-ring (bicyclic) bond motifs is 1. The predicted octanol–water partition coefficient (Wildman–Crippen LogP) is 4.86. The Bertz CT molecular complexity index is 1100. The second kappa shape index (κ2) is 7.31. The largest absolute Gasteiger partial charge is 0.588 e. The molecule has 27 heavy (non-hydrogen) atoms. The Kier molecular flexibility index (Phi) is 4.71. The van der Waals surface area contributed by atoms with Gasteiger partial charge in [0.15, 0.2) is 10.7 Å². The van der Waals surface area contributed by atoms with E-state index in [0.717, 1.165) is 22.1 Å². The summed E-state index contributed by atoms with van der Waals surface area (Å²) in [6, 6.07) is 24.3. The highest BCUT2D eigenvalue weighted by Crippen LogP contribution is 2.27. The molecule has 0 bridgehead atoms. The molecule has 1 heterocycles. The number of hydrogen-bond acceptors (Lipinski definition) is 3. The molecule has 1 atom stereocenters. The third-order valence-corrected chi connectivity index (χ3v) is 5.38. The quantitative estimate of drug-likeness (QED) is 0.518. The van der Waals surface area contributed by atoms with E-state index in [-0.39, 0.29) is 5.76 Å². The summed E-state index contributed by atoms with van der Waals surface area (Å²) in [6.07, 6.45) is 0. The fraction of sp³-hybridized carbons (Fsp3) is 0.0455. The van der Waals surface area contributed by atoms with Crippen LogP contribution in [0.2, 0.25) is 0 Å². The number of amides is 1. The summed E-state index contributed by atoms with van der Waals surface area (Å²) in [5.74, 6) is -0.369. The topological polar surface area (TPSA) is 65.3 Å². The van der Waals surface area contributed by atoms with E-state index in [1.165, 1.54) is 0 Å². The summed E-state index contributed by atoms with van der Waals surface area (Å²) in [5, 5.41) is 0.834. The van der Waals surface area contributed by atoms with Crippen molar-refractivity contribution in [1.29, 1.82) is 0 Å². The van der Waals surface area contributed by atoms with Gasteiger partial charge in [0.2, 0.25) is 0 Å². The molecule has 1 unspecified atom stereocenters. The van der Waals surface area contributed by atoms with Crippen molar-refractivity contribution < 1.29 is 13.8 Å². The Balaban J connectivity index is 1.60. The monoisotopic (exact) mass is 375 g/mol. The first kappa shape index (κ1) is 17.4. The molecular weight excluding hydrogens is 358 g/mol. The van der Waals surface area contributed by atoms with E-state index >= 15 is 0 Å². The van der Waals surface area contributed by atoms with Crippen molar-refractivity contribution in [2.45, 2.75) is 11.8 Å². The number of carbonyl (C=O) groups is 1.